The molecule has 158 valence electrons. The van der Waals surface area contributed by atoms with E-state index in [1.54, 1.807) is 12.0 Å². The molecule has 0 radical (unpaired) electrons. The lowest BCUT2D eigenvalue weighted by molar-refractivity contribution is 0.0975. The smallest absolute Gasteiger partial charge is 0.262 e. The lowest BCUT2D eigenvalue weighted by Gasteiger charge is -2.38. The molecule has 0 saturated heterocycles. The van der Waals surface area contributed by atoms with Gasteiger partial charge in [0.05, 0.1) is 12.7 Å². The second-order valence-corrected chi connectivity index (χ2v) is 7.45. The zero-order valence-electron chi connectivity index (χ0n) is 17.6. The molecule has 0 unspecified atom stereocenters. The summed E-state index contributed by atoms with van der Waals surface area (Å²) in [4.78, 5) is 15.3. The van der Waals surface area contributed by atoms with E-state index in [0.717, 1.165) is 28.4 Å². The van der Waals surface area contributed by atoms with E-state index < -0.39 is 6.17 Å². The molecule has 0 aliphatic carbocycles. The fourth-order valence-corrected chi connectivity index (χ4v) is 3.87. The topological polar surface area (TPSA) is 50.8 Å². The maximum absolute atomic E-state index is 13.6. The number of rotatable bonds is 5. The number of fused-ring (bicyclic) bond motifs is 1. The summed E-state index contributed by atoms with van der Waals surface area (Å²) in [5, 5.41) is 3.53. The molecule has 5 nitrogen and oxygen atoms in total. The van der Waals surface area contributed by atoms with Crippen molar-refractivity contribution in [3.05, 3.63) is 114 Å². The van der Waals surface area contributed by atoms with Gasteiger partial charge in [0.15, 0.2) is 0 Å². The first kappa shape index (κ1) is 19.7. The van der Waals surface area contributed by atoms with Gasteiger partial charge in [0.1, 0.15) is 23.4 Å². The number of nitrogens with one attached hydrogen (secondary N) is 1. The third-order valence-electron chi connectivity index (χ3n) is 5.43. The van der Waals surface area contributed by atoms with Gasteiger partial charge in [-0.25, -0.2) is 0 Å². The number of nitrogens with zero attached hydrogens (tertiary/aromatic N) is 1. The number of carbonyl (C=O) groups is 1. The number of hydrogen-bond donors (Lipinski definition) is 1. The first-order chi connectivity index (χ1) is 15.7. The van der Waals surface area contributed by atoms with Crippen molar-refractivity contribution in [2.45, 2.75) is 6.17 Å². The minimum absolute atomic E-state index is 0.0658. The summed E-state index contributed by atoms with van der Waals surface area (Å²) < 4.78 is 11.3. The van der Waals surface area contributed by atoms with E-state index in [4.69, 9.17) is 9.47 Å². The van der Waals surface area contributed by atoms with Gasteiger partial charge in [0, 0.05) is 11.4 Å². The van der Waals surface area contributed by atoms with Crippen molar-refractivity contribution in [1.82, 2.24) is 0 Å². The lowest BCUT2D eigenvalue weighted by atomic mass is 10.0. The first-order valence-electron chi connectivity index (χ1n) is 10.4. The number of carbonyl (C=O) groups excluding carboxylic acids is 1. The zero-order chi connectivity index (χ0) is 21.9. The van der Waals surface area contributed by atoms with Crippen LogP contribution in [0.5, 0.6) is 17.2 Å². The van der Waals surface area contributed by atoms with Crippen LogP contribution in [0.2, 0.25) is 0 Å². The van der Waals surface area contributed by atoms with E-state index in [0.29, 0.717) is 11.3 Å². The quantitative estimate of drug-likeness (QED) is 0.412. The molecule has 4 aromatic rings. The lowest BCUT2D eigenvalue weighted by Crippen LogP contribution is -2.43. The summed E-state index contributed by atoms with van der Waals surface area (Å²) >= 11 is 0. The highest BCUT2D eigenvalue weighted by atomic mass is 16.5. The number of hydrogen-bond acceptors (Lipinski definition) is 4. The van der Waals surface area contributed by atoms with Crippen LogP contribution in [0.3, 0.4) is 0 Å². The summed E-state index contributed by atoms with van der Waals surface area (Å²) in [5.41, 5.74) is 3.13. The van der Waals surface area contributed by atoms with Crippen LogP contribution in [0.15, 0.2) is 103 Å². The van der Waals surface area contributed by atoms with Crippen molar-refractivity contribution in [3.8, 4) is 17.2 Å². The SMILES string of the molecule is COc1ccc(N2C(=O)c3ccccc3N[C@H]2c2cccc(Oc3ccccc3)c2)cc1. The van der Waals surface area contributed by atoms with E-state index in [2.05, 4.69) is 5.32 Å². The molecule has 1 aliphatic heterocycles. The zero-order valence-corrected chi connectivity index (χ0v) is 17.6. The molecule has 0 spiro atoms. The molecule has 0 saturated carbocycles. The average molecular weight is 422 g/mol. The van der Waals surface area contributed by atoms with Crippen molar-refractivity contribution >= 4 is 17.3 Å². The monoisotopic (exact) mass is 422 g/mol. The molecule has 1 atom stereocenters. The molecule has 4 aromatic carbocycles. The van der Waals surface area contributed by atoms with E-state index in [1.807, 2.05) is 103 Å². The van der Waals surface area contributed by atoms with Gasteiger partial charge < -0.3 is 14.8 Å². The van der Waals surface area contributed by atoms with Gasteiger partial charge in [-0.1, -0.05) is 42.5 Å². The molecule has 1 heterocycles. The summed E-state index contributed by atoms with van der Waals surface area (Å²) in [7, 11) is 1.62. The predicted octanol–water partition coefficient (Wildman–Crippen LogP) is 6.26. The van der Waals surface area contributed by atoms with Crippen LogP contribution in [0, 0.1) is 0 Å². The third-order valence-corrected chi connectivity index (χ3v) is 5.43. The van der Waals surface area contributed by atoms with Crippen LogP contribution in [-0.2, 0) is 0 Å². The Kier molecular flexibility index (Phi) is 5.22. The van der Waals surface area contributed by atoms with Crippen LogP contribution in [-0.4, -0.2) is 13.0 Å². The van der Waals surface area contributed by atoms with Crippen molar-refractivity contribution in [3.63, 3.8) is 0 Å². The standard InChI is InChI=1S/C27H22N2O3/c1-31-21-16-14-20(15-17-21)29-26(28-25-13-6-5-12-24(25)27(29)30)19-8-7-11-23(18-19)32-22-9-3-2-4-10-22/h2-18,26,28H,1H3/t26-/m1/s1. The Morgan fingerprint density at radius 1 is 0.750 bits per heavy atom. The molecule has 32 heavy (non-hydrogen) atoms. The maximum Gasteiger partial charge on any atom is 0.262 e. The normalized spacial score (nSPS) is 15.0. The Balaban J connectivity index is 1.55. The molecule has 1 aliphatic rings. The van der Waals surface area contributed by atoms with Crippen LogP contribution < -0.4 is 19.7 Å². The van der Waals surface area contributed by atoms with Crippen molar-refractivity contribution in [1.29, 1.82) is 0 Å². The molecule has 0 fully saturated rings. The van der Waals surface area contributed by atoms with Gasteiger partial charge in [0.25, 0.3) is 5.91 Å². The highest BCUT2D eigenvalue weighted by molar-refractivity contribution is 6.12. The number of methoxy groups -OCH3 is 1. The molecule has 5 rings (SSSR count). The van der Waals surface area contributed by atoms with Gasteiger partial charge in [-0.2, -0.15) is 0 Å². The Hall–Kier alpha value is -4.25. The molecule has 0 bridgehead atoms. The largest absolute Gasteiger partial charge is 0.497 e. The fourth-order valence-electron chi connectivity index (χ4n) is 3.87. The summed E-state index contributed by atoms with van der Waals surface area (Å²) in [5.74, 6) is 2.14. The van der Waals surface area contributed by atoms with E-state index >= 15 is 0 Å². The summed E-state index contributed by atoms with van der Waals surface area (Å²) in [6, 6.07) is 32.5. The highest BCUT2D eigenvalue weighted by Gasteiger charge is 2.34. The maximum atomic E-state index is 13.6. The Bertz CT molecular complexity index is 1240. The van der Waals surface area contributed by atoms with E-state index in [-0.39, 0.29) is 5.91 Å². The molecule has 5 heteroatoms. The van der Waals surface area contributed by atoms with Crippen molar-refractivity contribution in [2.75, 3.05) is 17.3 Å². The van der Waals surface area contributed by atoms with Crippen molar-refractivity contribution < 1.29 is 14.3 Å². The molecular weight excluding hydrogens is 400 g/mol. The third kappa shape index (κ3) is 3.76. The van der Waals surface area contributed by atoms with Gasteiger partial charge in [-0.05, 0) is 66.2 Å². The van der Waals surface area contributed by atoms with Crippen LogP contribution >= 0.6 is 0 Å². The highest BCUT2D eigenvalue weighted by Crippen LogP contribution is 2.38. The number of anilines is 2. The number of ether oxygens (including phenoxy) is 2. The van der Waals surface area contributed by atoms with Crippen molar-refractivity contribution in [2.24, 2.45) is 0 Å². The minimum Gasteiger partial charge on any atom is -0.497 e. The second kappa shape index (κ2) is 8.47. The molecule has 1 N–H and O–H groups in total. The average Bonchev–Trinajstić information content (AvgIpc) is 2.85. The molecular formula is C27H22N2O3. The molecule has 0 aromatic heterocycles. The Morgan fingerprint density at radius 3 is 2.25 bits per heavy atom. The van der Waals surface area contributed by atoms with E-state index in [1.165, 1.54) is 0 Å². The number of benzene rings is 4. The van der Waals surface area contributed by atoms with Gasteiger partial charge in [0.2, 0.25) is 0 Å². The predicted molar refractivity (Wildman–Crippen MR) is 126 cm³/mol. The first-order valence-corrected chi connectivity index (χ1v) is 10.4. The van der Waals surface area contributed by atoms with Crippen LogP contribution in [0.4, 0.5) is 11.4 Å². The van der Waals surface area contributed by atoms with Gasteiger partial charge >= 0.3 is 0 Å². The Morgan fingerprint density at radius 2 is 1.47 bits per heavy atom. The van der Waals surface area contributed by atoms with Crippen LogP contribution in [0.1, 0.15) is 22.1 Å². The summed E-state index contributed by atoms with van der Waals surface area (Å²) in [6.45, 7) is 0. The fraction of sp³-hybridized carbons (Fsp3) is 0.0741. The summed E-state index contributed by atoms with van der Waals surface area (Å²) in [6.07, 6.45) is -0.398. The number of amides is 1. The van der Waals surface area contributed by atoms with E-state index in [9.17, 15) is 4.79 Å². The second-order valence-electron chi connectivity index (χ2n) is 7.45. The Labute approximate surface area is 186 Å². The van der Waals surface area contributed by atoms with Crippen LogP contribution in [0.25, 0.3) is 0 Å². The molecule has 1 amide bonds. The van der Waals surface area contributed by atoms with Gasteiger partial charge in [-0.3, -0.25) is 9.69 Å². The van der Waals surface area contributed by atoms with Gasteiger partial charge in [-0.15, -0.1) is 0 Å². The minimum atomic E-state index is -0.398. The number of para-hydroxylation sites is 2.